The number of hydrogen-bond donors (Lipinski definition) is 1. The summed E-state index contributed by atoms with van der Waals surface area (Å²) in [5, 5.41) is 0.381. The van der Waals surface area contributed by atoms with Crippen LogP contribution >= 0.6 is 43.5 Å². The molecule has 0 aliphatic carbocycles. The van der Waals surface area contributed by atoms with Gasteiger partial charge in [-0.25, -0.2) is 8.78 Å². The third-order valence-corrected chi connectivity index (χ3v) is 4.20. The minimum atomic E-state index is -1.05. The predicted molar refractivity (Wildman–Crippen MR) is 85.8 cm³/mol. The summed E-state index contributed by atoms with van der Waals surface area (Å²) in [4.78, 5) is 0. The summed E-state index contributed by atoms with van der Waals surface area (Å²) in [6.45, 7) is 0. The summed E-state index contributed by atoms with van der Waals surface area (Å²) in [6.07, 6.45) is 0. The van der Waals surface area contributed by atoms with E-state index in [4.69, 9.17) is 22.1 Å². The maximum absolute atomic E-state index is 14.0. The van der Waals surface area contributed by atoms with Crippen LogP contribution in [0.25, 0.3) is 0 Å². The summed E-state index contributed by atoms with van der Waals surface area (Å²) in [5.41, 5.74) is 6.17. The van der Waals surface area contributed by atoms with Crippen LogP contribution in [0.2, 0.25) is 5.02 Å². The van der Waals surface area contributed by atoms with Crippen molar-refractivity contribution in [1.29, 1.82) is 0 Å². The maximum atomic E-state index is 14.0. The van der Waals surface area contributed by atoms with Crippen molar-refractivity contribution < 1.29 is 13.5 Å². The predicted octanol–water partition coefficient (Wildman–Crippen LogP) is 5.20. The Hall–Kier alpha value is -0.690. The molecule has 2 aromatic rings. The van der Waals surface area contributed by atoms with Crippen molar-refractivity contribution >= 4 is 43.5 Å². The molecule has 0 saturated heterocycles. The molecule has 0 aromatic heterocycles. The van der Waals surface area contributed by atoms with Gasteiger partial charge in [-0.05, 0) is 40.2 Å². The van der Waals surface area contributed by atoms with Crippen LogP contribution in [-0.2, 0) is 0 Å². The molecule has 2 rings (SSSR count). The van der Waals surface area contributed by atoms with Gasteiger partial charge >= 0.3 is 0 Å². The Morgan fingerprint density at radius 3 is 2.24 bits per heavy atom. The number of halogens is 5. The van der Waals surface area contributed by atoms with E-state index in [1.54, 1.807) is 6.07 Å². The first kappa shape index (κ1) is 16.7. The van der Waals surface area contributed by atoms with E-state index < -0.39 is 17.7 Å². The molecule has 0 bridgehead atoms. The van der Waals surface area contributed by atoms with E-state index in [0.717, 1.165) is 12.1 Å². The minimum absolute atomic E-state index is 0.245. The van der Waals surface area contributed by atoms with E-state index in [2.05, 4.69) is 31.9 Å². The van der Waals surface area contributed by atoms with E-state index in [1.165, 1.54) is 13.2 Å². The quantitative estimate of drug-likeness (QED) is 0.711. The molecule has 2 nitrogen and oxygen atoms in total. The molecule has 0 radical (unpaired) electrons. The van der Waals surface area contributed by atoms with Crippen molar-refractivity contribution in [2.24, 2.45) is 5.73 Å². The number of methoxy groups -OCH3 is 1. The lowest BCUT2D eigenvalue weighted by molar-refractivity contribution is 0.404. The Balaban J connectivity index is 2.63. The van der Waals surface area contributed by atoms with E-state index in [1.807, 2.05) is 0 Å². The standard InChI is InChI=1S/C14H10Br2ClF2NO/c1-21-14-8(4-7(17)5-9(14)16)13(20)12-10(18)2-6(15)3-11(12)19/h2-5,13H,20H2,1H3. The first-order valence-corrected chi connectivity index (χ1v) is 7.74. The van der Waals surface area contributed by atoms with Gasteiger partial charge in [-0.15, -0.1) is 0 Å². The molecular weight excluding hydrogens is 431 g/mol. The van der Waals surface area contributed by atoms with Gasteiger partial charge in [-0.2, -0.15) is 0 Å². The molecule has 112 valence electrons. The fourth-order valence-electron chi connectivity index (χ4n) is 2.03. The Kier molecular flexibility index (Phi) is 5.24. The average molecular weight is 441 g/mol. The van der Waals surface area contributed by atoms with Gasteiger partial charge in [0.25, 0.3) is 0 Å². The molecule has 2 N–H and O–H groups in total. The summed E-state index contributed by atoms with van der Waals surface area (Å²) in [6, 6.07) is 4.40. The third-order valence-electron chi connectivity index (χ3n) is 2.93. The zero-order valence-electron chi connectivity index (χ0n) is 10.8. The van der Waals surface area contributed by atoms with E-state index in [0.29, 0.717) is 25.3 Å². The second-order valence-corrected chi connectivity index (χ2v) is 6.48. The number of rotatable bonds is 3. The van der Waals surface area contributed by atoms with Crippen LogP contribution in [-0.4, -0.2) is 7.11 Å². The minimum Gasteiger partial charge on any atom is -0.495 e. The molecular formula is C14H10Br2ClF2NO. The first-order chi connectivity index (χ1) is 9.85. The SMILES string of the molecule is COc1c(Br)cc(Cl)cc1C(N)c1c(F)cc(Br)cc1F. The molecule has 2 aromatic carbocycles. The molecule has 0 spiro atoms. The van der Waals surface area contributed by atoms with Gasteiger partial charge < -0.3 is 10.5 Å². The number of ether oxygens (including phenoxy) is 1. The van der Waals surface area contributed by atoms with Crippen LogP contribution < -0.4 is 10.5 Å². The Labute approximate surface area is 142 Å². The van der Waals surface area contributed by atoms with Crippen molar-refractivity contribution in [3.8, 4) is 5.75 Å². The number of hydrogen-bond acceptors (Lipinski definition) is 2. The molecule has 0 aliphatic rings. The Bertz CT molecular complexity index is 674. The lowest BCUT2D eigenvalue weighted by Crippen LogP contribution is -2.17. The summed E-state index contributed by atoms with van der Waals surface area (Å²) >= 11 is 12.3. The van der Waals surface area contributed by atoms with E-state index in [-0.39, 0.29) is 5.56 Å². The fraction of sp³-hybridized carbons (Fsp3) is 0.143. The van der Waals surface area contributed by atoms with Crippen LogP contribution in [0.1, 0.15) is 17.2 Å². The lowest BCUT2D eigenvalue weighted by Gasteiger charge is -2.19. The maximum Gasteiger partial charge on any atom is 0.138 e. The third kappa shape index (κ3) is 3.39. The van der Waals surface area contributed by atoms with Gasteiger partial charge in [0.1, 0.15) is 17.4 Å². The van der Waals surface area contributed by atoms with Crippen LogP contribution in [0.15, 0.2) is 33.2 Å². The lowest BCUT2D eigenvalue weighted by atomic mass is 9.97. The molecule has 21 heavy (non-hydrogen) atoms. The van der Waals surface area contributed by atoms with Gasteiger partial charge in [0.15, 0.2) is 0 Å². The number of benzene rings is 2. The van der Waals surface area contributed by atoms with Gasteiger partial charge in [0, 0.05) is 20.6 Å². The topological polar surface area (TPSA) is 35.2 Å². The van der Waals surface area contributed by atoms with Gasteiger partial charge in [0.2, 0.25) is 0 Å². The van der Waals surface area contributed by atoms with E-state index in [9.17, 15) is 8.78 Å². The van der Waals surface area contributed by atoms with Gasteiger partial charge in [0.05, 0.1) is 17.6 Å². The summed E-state index contributed by atoms with van der Waals surface area (Å²) in [5.74, 6) is -1.10. The molecule has 0 aliphatic heterocycles. The molecule has 0 fully saturated rings. The van der Waals surface area contributed by atoms with Crippen LogP contribution in [0.5, 0.6) is 5.75 Å². The zero-order chi connectivity index (χ0) is 15.7. The smallest absolute Gasteiger partial charge is 0.138 e. The number of nitrogens with two attached hydrogens (primary N) is 1. The normalized spacial score (nSPS) is 12.3. The first-order valence-electron chi connectivity index (χ1n) is 5.78. The highest BCUT2D eigenvalue weighted by Crippen LogP contribution is 2.38. The second kappa shape index (κ2) is 6.60. The summed E-state index contributed by atoms with van der Waals surface area (Å²) in [7, 11) is 1.44. The molecule has 0 amide bonds. The van der Waals surface area contributed by atoms with Gasteiger partial charge in [-0.3, -0.25) is 0 Å². The van der Waals surface area contributed by atoms with Crippen molar-refractivity contribution in [2.75, 3.05) is 7.11 Å². The van der Waals surface area contributed by atoms with Crippen LogP contribution in [0.3, 0.4) is 0 Å². The molecule has 7 heteroatoms. The van der Waals surface area contributed by atoms with Crippen LogP contribution in [0, 0.1) is 11.6 Å². The molecule has 0 saturated carbocycles. The highest BCUT2D eigenvalue weighted by Gasteiger charge is 2.23. The van der Waals surface area contributed by atoms with Gasteiger partial charge in [-0.1, -0.05) is 27.5 Å². The van der Waals surface area contributed by atoms with Crippen LogP contribution in [0.4, 0.5) is 8.78 Å². The zero-order valence-corrected chi connectivity index (χ0v) is 14.7. The monoisotopic (exact) mass is 439 g/mol. The highest BCUT2D eigenvalue weighted by molar-refractivity contribution is 9.10. The van der Waals surface area contributed by atoms with Crippen molar-refractivity contribution in [1.82, 2.24) is 0 Å². The molecule has 1 unspecified atom stereocenters. The molecule has 1 atom stereocenters. The van der Waals surface area contributed by atoms with Crippen molar-refractivity contribution in [3.05, 3.63) is 61.0 Å². The Morgan fingerprint density at radius 1 is 1.14 bits per heavy atom. The highest BCUT2D eigenvalue weighted by atomic mass is 79.9. The Morgan fingerprint density at radius 2 is 1.71 bits per heavy atom. The molecule has 0 heterocycles. The average Bonchev–Trinajstić information content (AvgIpc) is 2.36. The summed E-state index contributed by atoms with van der Waals surface area (Å²) < 4.78 is 34.2. The fourth-order valence-corrected chi connectivity index (χ4v) is 3.43. The largest absolute Gasteiger partial charge is 0.495 e. The van der Waals surface area contributed by atoms with Crippen molar-refractivity contribution in [2.45, 2.75) is 6.04 Å². The second-order valence-electron chi connectivity index (χ2n) is 4.27. The van der Waals surface area contributed by atoms with Crippen molar-refractivity contribution in [3.63, 3.8) is 0 Å². The van der Waals surface area contributed by atoms with E-state index >= 15 is 0 Å².